The Morgan fingerprint density at radius 3 is 2.65 bits per heavy atom. The molecule has 0 atom stereocenters. The molecule has 0 unspecified atom stereocenters. The molecule has 1 heterocycles. The average Bonchev–Trinajstić information content (AvgIpc) is 2.40. The van der Waals surface area contributed by atoms with Gasteiger partial charge in [0.1, 0.15) is 0 Å². The molecule has 0 spiro atoms. The number of nitrogens with one attached hydrogen (secondary N) is 1. The van der Waals surface area contributed by atoms with Gasteiger partial charge in [-0.25, -0.2) is 0 Å². The third-order valence-corrected chi connectivity index (χ3v) is 3.54. The van der Waals surface area contributed by atoms with Gasteiger partial charge < -0.3 is 5.32 Å². The van der Waals surface area contributed by atoms with E-state index in [9.17, 15) is 0 Å². The van der Waals surface area contributed by atoms with Crippen LogP contribution < -0.4 is 5.32 Å². The van der Waals surface area contributed by atoms with Gasteiger partial charge in [0, 0.05) is 6.54 Å². The molecule has 1 nitrogen and oxygen atoms in total. The lowest BCUT2D eigenvalue weighted by molar-refractivity contribution is 0.641. The fraction of sp³-hybridized carbons (Fsp3) is 0.250. The highest BCUT2D eigenvalue weighted by Gasteiger charge is 2.12. The number of benzene rings is 2. The minimum atomic E-state index is 1.01. The summed E-state index contributed by atoms with van der Waals surface area (Å²) in [6, 6.07) is 15.3. The minimum Gasteiger partial charge on any atom is -0.312 e. The number of hydrogen-bond acceptors (Lipinski definition) is 1. The topological polar surface area (TPSA) is 12.0 Å². The molecule has 0 saturated carbocycles. The summed E-state index contributed by atoms with van der Waals surface area (Å²) in [5, 5.41) is 3.45. The predicted molar refractivity (Wildman–Crippen MR) is 72.0 cm³/mol. The van der Waals surface area contributed by atoms with Gasteiger partial charge in [-0.1, -0.05) is 36.4 Å². The van der Waals surface area contributed by atoms with Crippen molar-refractivity contribution in [2.24, 2.45) is 0 Å². The maximum absolute atomic E-state index is 3.45. The molecule has 0 fully saturated rings. The summed E-state index contributed by atoms with van der Waals surface area (Å²) in [6.07, 6.45) is 1.16. The lowest BCUT2D eigenvalue weighted by Gasteiger charge is -2.20. The first-order valence-electron chi connectivity index (χ1n) is 6.23. The van der Waals surface area contributed by atoms with Crippen LogP contribution in [0, 0.1) is 6.92 Å². The van der Waals surface area contributed by atoms with Crippen LogP contribution in [0.3, 0.4) is 0 Å². The monoisotopic (exact) mass is 223 g/mol. The van der Waals surface area contributed by atoms with Crippen LogP contribution in [-0.4, -0.2) is 6.54 Å². The van der Waals surface area contributed by atoms with Gasteiger partial charge in [-0.3, -0.25) is 0 Å². The number of hydrogen-bond donors (Lipinski definition) is 1. The quantitative estimate of drug-likeness (QED) is 0.782. The average molecular weight is 223 g/mol. The largest absolute Gasteiger partial charge is 0.312 e. The van der Waals surface area contributed by atoms with Gasteiger partial charge in [0.05, 0.1) is 0 Å². The Hall–Kier alpha value is -1.60. The van der Waals surface area contributed by atoms with Crippen molar-refractivity contribution in [3.63, 3.8) is 0 Å². The minimum absolute atomic E-state index is 1.01. The third-order valence-electron chi connectivity index (χ3n) is 3.54. The van der Waals surface area contributed by atoms with Crippen molar-refractivity contribution in [3.05, 3.63) is 59.2 Å². The Morgan fingerprint density at radius 1 is 1.00 bits per heavy atom. The molecule has 0 saturated heterocycles. The Kier molecular flexibility index (Phi) is 2.69. The fourth-order valence-corrected chi connectivity index (χ4v) is 2.64. The Morgan fingerprint density at radius 2 is 1.82 bits per heavy atom. The lowest BCUT2D eigenvalue weighted by atomic mass is 9.91. The number of fused-ring (bicyclic) bond motifs is 1. The van der Waals surface area contributed by atoms with Crippen LogP contribution in [0.1, 0.15) is 16.7 Å². The van der Waals surface area contributed by atoms with Crippen molar-refractivity contribution in [2.75, 3.05) is 6.54 Å². The van der Waals surface area contributed by atoms with E-state index < -0.39 is 0 Å². The van der Waals surface area contributed by atoms with Gasteiger partial charge in [-0.2, -0.15) is 0 Å². The molecule has 2 aromatic rings. The van der Waals surface area contributed by atoms with Crippen LogP contribution in [0.15, 0.2) is 42.5 Å². The van der Waals surface area contributed by atoms with E-state index in [4.69, 9.17) is 0 Å². The van der Waals surface area contributed by atoms with Crippen molar-refractivity contribution in [1.82, 2.24) is 5.32 Å². The molecule has 86 valence electrons. The van der Waals surface area contributed by atoms with E-state index >= 15 is 0 Å². The maximum atomic E-state index is 3.45. The van der Waals surface area contributed by atoms with Gasteiger partial charge in [0.15, 0.2) is 0 Å². The molecule has 0 radical (unpaired) electrons. The smallest absolute Gasteiger partial charge is 0.0208 e. The van der Waals surface area contributed by atoms with E-state index in [0.717, 1.165) is 19.5 Å². The van der Waals surface area contributed by atoms with Crippen molar-refractivity contribution in [1.29, 1.82) is 0 Å². The SMILES string of the molecule is Cc1cc(-c2ccccc2)cc2c1CCNC2. The highest BCUT2D eigenvalue weighted by molar-refractivity contribution is 5.66. The van der Waals surface area contributed by atoms with Crippen molar-refractivity contribution < 1.29 is 0 Å². The summed E-state index contributed by atoms with van der Waals surface area (Å²) >= 11 is 0. The van der Waals surface area contributed by atoms with E-state index in [1.165, 1.54) is 22.3 Å². The zero-order valence-corrected chi connectivity index (χ0v) is 10.2. The van der Waals surface area contributed by atoms with Gasteiger partial charge in [-0.15, -0.1) is 0 Å². The van der Waals surface area contributed by atoms with E-state index in [2.05, 4.69) is 54.7 Å². The Labute approximate surface area is 102 Å². The predicted octanol–water partition coefficient (Wildman–Crippen LogP) is 3.31. The van der Waals surface area contributed by atoms with Crippen LogP contribution in [-0.2, 0) is 13.0 Å². The van der Waals surface area contributed by atoms with Gasteiger partial charge in [0.2, 0.25) is 0 Å². The lowest BCUT2D eigenvalue weighted by Crippen LogP contribution is -2.24. The molecule has 2 aromatic carbocycles. The summed E-state index contributed by atoms with van der Waals surface area (Å²) < 4.78 is 0. The standard InChI is InChI=1S/C16H17N/c1-12-9-14(13-5-3-2-4-6-13)10-15-11-17-8-7-16(12)15/h2-6,9-10,17H,7-8,11H2,1H3. The third kappa shape index (κ3) is 1.98. The second-order valence-corrected chi connectivity index (χ2v) is 4.72. The summed E-state index contributed by atoms with van der Waals surface area (Å²) in [7, 11) is 0. The molecule has 0 amide bonds. The van der Waals surface area contributed by atoms with Crippen LogP contribution in [0.2, 0.25) is 0 Å². The number of rotatable bonds is 1. The first kappa shape index (κ1) is 10.5. The summed E-state index contributed by atoms with van der Waals surface area (Å²) in [5.74, 6) is 0. The van der Waals surface area contributed by atoms with Crippen molar-refractivity contribution in [3.8, 4) is 11.1 Å². The maximum Gasteiger partial charge on any atom is 0.0208 e. The molecular formula is C16H17N. The Bertz CT molecular complexity index is 529. The molecular weight excluding hydrogens is 206 g/mol. The van der Waals surface area contributed by atoms with Crippen molar-refractivity contribution >= 4 is 0 Å². The molecule has 3 rings (SSSR count). The summed E-state index contributed by atoms with van der Waals surface area (Å²) in [6.45, 7) is 4.35. The normalized spacial score (nSPS) is 14.4. The van der Waals surface area contributed by atoms with E-state index in [1.54, 1.807) is 5.56 Å². The number of aryl methyl sites for hydroxylation is 1. The van der Waals surface area contributed by atoms with Crippen LogP contribution in [0.25, 0.3) is 11.1 Å². The second kappa shape index (κ2) is 4.34. The molecule has 0 aromatic heterocycles. The molecule has 17 heavy (non-hydrogen) atoms. The molecule has 0 bridgehead atoms. The first-order chi connectivity index (χ1) is 8.34. The van der Waals surface area contributed by atoms with Gasteiger partial charge in [-0.05, 0) is 53.8 Å². The molecule has 1 aliphatic heterocycles. The molecule has 1 N–H and O–H groups in total. The summed E-state index contributed by atoms with van der Waals surface area (Å²) in [4.78, 5) is 0. The van der Waals surface area contributed by atoms with E-state index in [1.807, 2.05) is 0 Å². The zero-order chi connectivity index (χ0) is 11.7. The Balaban J connectivity index is 2.11. The van der Waals surface area contributed by atoms with Gasteiger partial charge in [0.25, 0.3) is 0 Å². The fourth-order valence-electron chi connectivity index (χ4n) is 2.64. The highest BCUT2D eigenvalue weighted by atomic mass is 14.9. The first-order valence-corrected chi connectivity index (χ1v) is 6.23. The van der Waals surface area contributed by atoms with E-state index in [-0.39, 0.29) is 0 Å². The zero-order valence-electron chi connectivity index (χ0n) is 10.2. The van der Waals surface area contributed by atoms with Crippen molar-refractivity contribution in [2.45, 2.75) is 19.9 Å². The van der Waals surface area contributed by atoms with Crippen LogP contribution in [0.5, 0.6) is 0 Å². The molecule has 1 aliphatic rings. The van der Waals surface area contributed by atoms with Crippen LogP contribution in [0.4, 0.5) is 0 Å². The molecule has 1 heteroatoms. The second-order valence-electron chi connectivity index (χ2n) is 4.72. The summed E-state index contributed by atoms with van der Waals surface area (Å²) in [5.41, 5.74) is 7.09. The van der Waals surface area contributed by atoms with Gasteiger partial charge >= 0.3 is 0 Å². The van der Waals surface area contributed by atoms with Crippen LogP contribution >= 0.6 is 0 Å². The van der Waals surface area contributed by atoms with E-state index in [0.29, 0.717) is 0 Å². The highest BCUT2D eigenvalue weighted by Crippen LogP contribution is 2.27. The molecule has 0 aliphatic carbocycles.